The molecule has 1 rings (SSSR count). The molecule has 0 aliphatic carbocycles. The quantitative estimate of drug-likeness (QED) is 0.277. The van der Waals surface area contributed by atoms with Crippen LogP contribution in [0, 0.1) is 0 Å². The molecule has 1 aliphatic rings. The number of hydrogen-bond acceptors (Lipinski definition) is 2. The minimum atomic E-state index is 1.19. The molecule has 0 spiro atoms. The number of unbranched alkanes of at least 4 members (excludes halogenated alkanes) is 12. The molecule has 1 fully saturated rings. The van der Waals surface area contributed by atoms with Gasteiger partial charge in [0.15, 0.2) is 0 Å². The third-order valence-corrected chi connectivity index (χ3v) is 5.20. The summed E-state index contributed by atoms with van der Waals surface area (Å²) >= 11 is 0. The van der Waals surface area contributed by atoms with Crippen LogP contribution in [0.25, 0.3) is 0 Å². The minimum Gasteiger partial charge on any atom is -0.314 e. The maximum atomic E-state index is 3.42. The first-order valence-electron chi connectivity index (χ1n) is 11.0. The Morgan fingerprint density at radius 1 is 0.667 bits per heavy atom. The van der Waals surface area contributed by atoms with Gasteiger partial charge in [0, 0.05) is 26.2 Å². The SMILES string of the molecule is CCCCCCCCC=CCCCCCCCCN1CCNCC1. The van der Waals surface area contributed by atoms with Gasteiger partial charge in [0.25, 0.3) is 0 Å². The number of nitrogens with one attached hydrogen (secondary N) is 1. The summed E-state index contributed by atoms with van der Waals surface area (Å²) in [6.45, 7) is 8.49. The summed E-state index contributed by atoms with van der Waals surface area (Å²) in [7, 11) is 0. The lowest BCUT2D eigenvalue weighted by Gasteiger charge is -2.27. The lowest BCUT2D eigenvalue weighted by Crippen LogP contribution is -2.43. The summed E-state index contributed by atoms with van der Waals surface area (Å²) in [5.41, 5.74) is 0. The first-order valence-corrected chi connectivity index (χ1v) is 11.0. The topological polar surface area (TPSA) is 15.3 Å². The Labute approximate surface area is 152 Å². The van der Waals surface area contributed by atoms with Crippen LogP contribution in [0.1, 0.15) is 96.8 Å². The van der Waals surface area contributed by atoms with Gasteiger partial charge in [0.2, 0.25) is 0 Å². The zero-order valence-corrected chi connectivity index (χ0v) is 16.5. The van der Waals surface area contributed by atoms with E-state index in [2.05, 4.69) is 29.3 Å². The number of nitrogens with zero attached hydrogens (tertiary/aromatic N) is 1. The molecule has 2 heteroatoms. The van der Waals surface area contributed by atoms with Crippen LogP contribution in [-0.2, 0) is 0 Å². The summed E-state index contributed by atoms with van der Waals surface area (Å²) in [5, 5.41) is 3.42. The summed E-state index contributed by atoms with van der Waals surface area (Å²) in [4.78, 5) is 2.62. The highest BCUT2D eigenvalue weighted by molar-refractivity contribution is 4.81. The van der Waals surface area contributed by atoms with E-state index in [1.165, 1.54) is 123 Å². The van der Waals surface area contributed by atoms with Gasteiger partial charge in [-0.25, -0.2) is 0 Å². The van der Waals surface area contributed by atoms with E-state index in [0.29, 0.717) is 0 Å². The molecule has 0 atom stereocenters. The highest BCUT2D eigenvalue weighted by atomic mass is 15.2. The Morgan fingerprint density at radius 3 is 1.75 bits per heavy atom. The van der Waals surface area contributed by atoms with E-state index in [-0.39, 0.29) is 0 Å². The molecular weight excluding hydrogens is 292 g/mol. The van der Waals surface area contributed by atoms with E-state index in [0.717, 1.165) is 0 Å². The van der Waals surface area contributed by atoms with Crippen LogP contribution in [0.5, 0.6) is 0 Å². The Hall–Kier alpha value is -0.340. The van der Waals surface area contributed by atoms with E-state index in [9.17, 15) is 0 Å². The second kappa shape index (κ2) is 17.5. The molecule has 0 radical (unpaired) electrons. The van der Waals surface area contributed by atoms with Gasteiger partial charge in [-0.3, -0.25) is 0 Å². The van der Waals surface area contributed by atoms with Gasteiger partial charge in [0.1, 0.15) is 0 Å². The average molecular weight is 337 g/mol. The van der Waals surface area contributed by atoms with Crippen molar-refractivity contribution in [2.75, 3.05) is 32.7 Å². The lowest BCUT2D eigenvalue weighted by atomic mass is 10.1. The first kappa shape index (κ1) is 21.7. The maximum absolute atomic E-state index is 3.42. The van der Waals surface area contributed by atoms with Crippen molar-refractivity contribution in [1.82, 2.24) is 10.2 Å². The van der Waals surface area contributed by atoms with E-state index in [1.54, 1.807) is 0 Å². The zero-order valence-electron chi connectivity index (χ0n) is 16.5. The van der Waals surface area contributed by atoms with Gasteiger partial charge in [-0.05, 0) is 38.6 Å². The van der Waals surface area contributed by atoms with Crippen LogP contribution in [-0.4, -0.2) is 37.6 Å². The molecule has 1 N–H and O–H groups in total. The molecule has 142 valence electrons. The molecule has 0 bridgehead atoms. The third kappa shape index (κ3) is 14.0. The Morgan fingerprint density at radius 2 is 1.17 bits per heavy atom. The molecule has 0 saturated carbocycles. The fourth-order valence-electron chi connectivity index (χ4n) is 3.52. The standard InChI is InChI=1S/C22H44N2/c1-2-3-4-5-6-7-8-9-10-11-12-13-14-15-16-17-20-24-21-18-23-19-22-24/h9-10,23H,2-8,11-22H2,1H3. The van der Waals surface area contributed by atoms with Crippen LogP contribution in [0.4, 0.5) is 0 Å². The Balaban J connectivity index is 1.71. The molecule has 0 amide bonds. The second-order valence-corrected chi connectivity index (χ2v) is 7.53. The largest absolute Gasteiger partial charge is 0.314 e. The minimum absolute atomic E-state index is 1.19. The van der Waals surface area contributed by atoms with Crippen molar-refractivity contribution in [3.05, 3.63) is 12.2 Å². The van der Waals surface area contributed by atoms with E-state index >= 15 is 0 Å². The third-order valence-electron chi connectivity index (χ3n) is 5.20. The van der Waals surface area contributed by atoms with Crippen LogP contribution in [0.2, 0.25) is 0 Å². The van der Waals surface area contributed by atoms with Gasteiger partial charge in [-0.1, -0.05) is 76.9 Å². The predicted octanol–water partition coefficient (Wildman–Crippen LogP) is 5.93. The van der Waals surface area contributed by atoms with Crippen LogP contribution < -0.4 is 5.32 Å². The molecule has 1 heterocycles. The maximum Gasteiger partial charge on any atom is 0.0107 e. The van der Waals surface area contributed by atoms with Crippen LogP contribution in [0.3, 0.4) is 0 Å². The lowest BCUT2D eigenvalue weighted by molar-refractivity contribution is 0.236. The molecule has 0 aromatic heterocycles. The zero-order chi connectivity index (χ0) is 17.1. The van der Waals surface area contributed by atoms with Crippen LogP contribution in [0.15, 0.2) is 12.2 Å². The number of hydrogen-bond donors (Lipinski definition) is 1. The number of rotatable bonds is 16. The predicted molar refractivity (Wildman–Crippen MR) is 109 cm³/mol. The van der Waals surface area contributed by atoms with Gasteiger partial charge in [-0.15, -0.1) is 0 Å². The molecule has 0 unspecified atom stereocenters. The molecule has 1 saturated heterocycles. The van der Waals surface area contributed by atoms with Gasteiger partial charge in [-0.2, -0.15) is 0 Å². The Bertz CT molecular complexity index is 269. The van der Waals surface area contributed by atoms with Gasteiger partial charge >= 0.3 is 0 Å². The van der Waals surface area contributed by atoms with Crippen molar-refractivity contribution in [2.45, 2.75) is 96.8 Å². The van der Waals surface area contributed by atoms with Crippen molar-refractivity contribution in [3.8, 4) is 0 Å². The summed E-state index contributed by atoms with van der Waals surface area (Å²) < 4.78 is 0. The van der Waals surface area contributed by atoms with Gasteiger partial charge in [0.05, 0.1) is 0 Å². The number of piperazine rings is 1. The fourth-order valence-corrected chi connectivity index (χ4v) is 3.52. The average Bonchev–Trinajstić information content (AvgIpc) is 2.62. The molecule has 1 aliphatic heterocycles. The fraction of sp³-hybridized carbons (Fsp3) is 0.909. The van der Waals surface area contributed by atoms with E-state index < -0.39 is 0 Å². The summed E-state index contributed by atoms with van der Waals surface area (Å²) in [6, 6.07) is 0. The van der Waals surface area contributed by atoms with E-state index in [1.807, 2.05) is 0 Å². The van der Waals surface area contributed by atoms with Crippen molar-refractivity contribution in [1.29, 1.82) is 0 Å². The Kier molecular flexibility index (Phi) is 15.8. The molecule has 2 nitrogen and oxygen atoms in total. The van der Waals surface area contributed by atoms with Crippen molar-refractivity contribution >= 4 is 0 Å². The molecule has 24 heavy (non-hydrogen) atoms. The smallest absolute Gasteiger partial charge is 0.0107 e. The van der Waals surface area contributed by atoms with Crippen molar-refractivity contribution < 1.29 is 0 Å². The van der Waals surface area contributed by atoms with Gasteiger partial charge < -0.3 is 10.2 Å². The highest BCUT2D eigenvalue weighted by Crippen LogP contribution is 2.10. The monoisotopic (exact) mass is 336 g/mol. The summed E-state index contributed by atoms with van der Waals surface area (Å²) in [6.07, 6.45) is 24.5. The first-order chi connectivity index (χ1) is 11.9. The number of allylic oxidation sites excluding steroid dienone is 2. The molecular formula is C22H44N2. The second-order valence-electron chi connectivity index (χ2n) is 7.53. The summed E-state index contributed by atoms with van der Waals surface area (Å²) in [5.74, 6) is 0. The highest BCUT2D eigenvalue weighted by Gasteiger charge is 2.07. The molecule has 0 aromatic carbocycles. The normalized spacial score (nSPS) is 16.2. The van der Waals surface area contributed by atoms with Crippen molar-refractivity contribution in [2.24, 2.45) is 0 Å². The van der Waals surface area contributed by atoms with Crippen LogP contribution >= 0.6 is 0 Å². The van der Waals surface area contributed by atoms with E-state index in [4.69, 9.17) is 0 Å². The van der Waals surface area contributed by atoms with Crippen molar-refractivity contribution in [3.63, 3.8) is 0 Å². The molecule has 0 aromatic rings.